The number of hydrogen-bond donors (Lipinski definition) is 6. The molecule has 0 bridgehead atoms. The van der Waals surface area contributed by atoms with Gasteiger partial charge in [-0.2, -0.15) is 0 Å². The molecule has 0 fully saturated rings. The van der Waals surface area contributed by atoms with E-state index in [9.17, 15) is 25.2 Å². The van der Waals surface area contributed by atoms with Gasteiger partial charge in [0.2, 0.25) is 5.12 Å². The van der Waals surface area contributed by atoms with Crippen molar-refractivity contribution in [3.8, 4) is 0 Å². The molecule has 0 aliphatic heterocycles. The molecule has 0 aromatic heterocycles. The number of thiol groups is 1. The van der Waals surface area contributed by atoms with Crippen LogP contribution in [0.2, 0.25) is 0 Å². The summed E-state index contributed by atoms with van der Waals surface area (Å²) in [5, 5.41) is 47.3. The number of thiocarbonyl (C=S) groups is 1. The lowest BCUT2D eigenvalue weighted by atomic mass is 10.0. The second-order valence-electron chi connectivity index (χ2n) is 5.29. The number of carbonyl (C=O) groups is 1. The van der Waals surface area contributed by atoms with Gasteiger partial charge in [0.25, 0.3) is 5.17 Å². The summed E-state index contributed by atoms with van der Waals surface area (Å²) in [5.41, 5.74) is 0. The van der Waals surface area contributed by atoms with Crippen molar-refractivity contribution in [2.24, 2.45) is 0 Å². The average Bonchev–Trinajstić information content (AvgIpc) is 2.55. The topological polar surface area (TPSA) is 131 Å². The third-order valence-electron chi connectivity index (χ3n) is 3.43. The van der Waals surface area contributed by atoms with Crippen LogP contribution in [-0.4, -0.2) is 90.9 Å². The number of nitrogens with zero attached hydrogens (tertiary/aromatic N) is 1. The molecule has 0 amide bonds. The van der Waals surface area contributed by atoms with Crippen LogP contribution in [0, 0.1) is 0 Å². The Morgan fingerprint density at radius 3 is 2.12 bits per heavy atom. The first-order chi connectivity index (χ1) is 11.2. The Morgan fingerprint density at radius 2 is 1.71 bits per heavy atom. The van der Waals surface area contributed by atoms with Crippen LogP contribution < -0.4 is 0 Å². The van der Waals surface area contributed by atoms with Gasteiger partial charge in [-0.05, 0) is 25.6 Å². The lowest BCUT2D eigenvalue weighted by Gasteiger charge is -2.35. The molecule has 5 N–H and O–H groups in total. The van der Waals surface area contributed by atoms with Crippen molar-refractivity contribution < 1.29 is 35.1 Å². The highest BCUT2D eigenvalue weighted by Crippen LogP contribution is 2.16. The molecule has 0 aliphatic rings. The molecule has 5 atom stereocenters. The lowest BCUT2D eigenvalue weighted by Crippen LogP contribution is -2.53. The van der Waals surface area contributed by atoms with Gasteiger partial charge in [0.15, 0.2) is 0 Å². The molecule has 0 saturated carbocycles. The summed E-state index contributed by atoms with van der Waals surface area (Å²) in [7, 11) is 0. The first kappa shape index (κ1) is 23.5. The van der Waals surface area contributed by atoms with Crippen molar-refractivity contribution in [2.45, 2.75) is 57.1 Å². The Bertz CT molecular complexity index is 399. The van der Waals surface area contributed by atoms with Gasteiger partial charge < -0.3 is 35.2 Å². The van der Waals surface area contributed by atoms with E-state index >= 15 is 0 Å². The zero-order valence-electron chi connectivity index (χ0n) is 13.8. The van der Waals surface area contributed by atoms with Crippen LogP contribution in [0.15, 0.2) is 0 Å². The molecule has 0 spiro atoms. The maximum Gasteiger partial charge on any atom is 0.260 e. The molecule has 5 unspecified atom stereocenters. The van der Waals surface area contributed by atoms with Crippen LogP contribution in [-0.2, 0) is 9.53 Å². The van der Waals surface area contributed by atoms with Crippen LogP contribution >= 0.6 is 24.8 Å². The highest BCUT2D eigenvalue weighted by molar-refractivity contribution is 7.96. The van der Waals surface area contributed by atoms with E-state index in [1.807, 2.05) is 6.92 Å². The zero-order chi connectivity index (χ0) is 18.9. The van der Waals surface area contributed by atoms with E-state index in [0.717, 1.165) is 0 Å². The summed E-state index contributed by atoms with van der Waals surface area (Å²) in [6.45, 7) is 2.72. The average molecular weight is 386 g/mol. The number of carbonyl (C=O) groups excluding carboxylic acids is 1. The Labute approximate surface area is 152 Å². The summed E-state index contributed by atoms with van der Waals surface area (Å²) in [6, 6.07) is -0.765. The minimum atomic E-state index is -1.76. The summed E-state index contributed by atoms with van der Waals surface area (Å²) in [4.78, 5) is 13.1. The van der Waals surface area contributed by atoms with Crippen LogP contribution in [0.4, 0.5) is 0 Å². The van der Waals surface area contributed by atoms with E-state index in [2.05, 4.69) is 12.6 Å². The monoisotopic (exact) mass is 385 g/mol. The third kappa shape index (κ3) is 7.18. The van der Waals surface area contributed by atoms with E-state index < -0.39 is 42.2 Å². The molecule has 0 aromatic carbocycles. The summed E-state index contributed by atoms with van der Waals surface area (Å²) in [6.07, 6.45) is -5.63. The molecule has 0 aliphatic carbocycles. The second-order valence-corrected chi connectivity index (χ2v) is 6.08. The van der Waals surface area contributed by atoms with Crippen LogP contribution in [0.1, 0.15) is 26.7 Å². The van der Waals surface area contributed by atoms with Crippen molar-refractivity contribution in [3.63, 3.8) is 0 Å². The van der Waals surface area contributed by atoms with Crippen molar-refractivity contribution >= 4 is 35.1 Å². The van der Waals surface area contributed by atoms with E-state index in [0.29, 0.717) is 12.8 Å². The lowest BCUT2D eigenvalue weighted by molar-refractivity contribution is -0.123. The zero-order valence-corrected chi connectivity index (χ0v) is 15.5. The van der Waals surface area contributed by atoms with E-state index in [-0.39, 0.29) is 18.3 Å². The minimum Gasteiger partial charge on any atom is -0.471 e. The molecule has 24 heavy (non-hydrogen) atoms. The van der Waals surface area contributed by atoms with Gasteiger partial charge in [-0.3, -0.25) is 4.79 Å². The molecular weight excluding hydrogens is 358 g/mol. The van der Waals surface area contributed by atoms with Gasteiger partial charge in [0.1, 0.15) is 30.5 Å². The van der Waals surface area contributed by atoms with Gasteiger partial charge in [0.05, 0.1) is 19.8 Å². The molecule has 0 saturated heterocycles. The Morgan fingerprint density at radius 1 is 1.17 bits per heavy atom. The molecular formula is C14H27NO7S2. The maximum absolute atomic E-state index is 11.8. The second kappa shape index (κ2) is 12.0. The molecule has 0 heterocycles. The predicted molar refractivity (Wildman–Crippen MR) is 94.7 cm³/mol. The SMILES string of the molecule is CCCC(C(=O)S)N(CC(O)C(O)C(O)C(O)CO)C(=S)OCC. The number of rotatable bonds is 11. The minimum absolute atomic E-state index is 0.0400. The Hall–Kier alpha value is -0.490. The Balaban J connectivity index is 5.22. The largest absolute Gasteiger partial charge is 0.471 e. The number of aliphatic hydroxyl groups excluding tert-OH is 5. The van der Waals surface area contributed by atoms with Crippen molar-refractivity contribution in [3.05, 3.63) is 0 Å². The molecule has 0 aromatic rings. The molecule has 10 heteroatoms. The van der Waals surface area contributed by atoms with Gasteiger partial charge >= 0.3 is 0 Å². The summed E-state index contributed by atoms with van der Waals surface area (Å²) < 4.78 is 5.22. The molecule has 0 rings (SSSR count). The van der Waals surface area contributed by atoms with Gasteiger partial charge in [-0.15, -0.1) is 12.6 Å². The van der Waals surface area contributed by atoms with E-state index in [4.69, 9.17) is 22.1 Å². The van der Waals surface area contributed by atoms with Crippen molar-refractivity contribution in [2.75, 3.05) is 19.8 Å². The van der Waals surface area contributed by atoms with Crippen LogP contribution in [0.3, 0.4) is 0 Å². The van der Waals surface area contributed by atoms with Gasteiger partial charge in [0, 0.05) is 0 Å². The number of aliphatic hydroxyl groups is 5. The fourth-order valence-corrected chi connectivity index (χ4v) is 2.68. The summed E-state index contributed by atoms with van der Waals surface area (Å²) in [5.74, 6) is 0. The van der Waals surface area contributed by atoms with Gasteiger partial charge in [-0.1, -0.05) is 13.3 Å². The maximum atomic E-state index is 11.8. The Kier molecular flexibility index (Phi) is 11.7. The normalized spacial score (nSPS) is 17.5. The smallest absolute Gasteiger partial charge is 0.260 e. The predicted octanol–water partition coefficient (Wildman–Crippen LogP) is -1.33. The van der Waals surface area contributed by atoms with Crippen molar-refractivity contribution in [1.82, 2.24) is 4.90 Å². The van der Waals surface area contributed by atoms with E-state index in [1.54, 1.807) is 6.92 Å². The fourth-order valence-electron chi connectivity index (χ4n) is 2.09. The number of ether oxygens (including phenoxy) is 1. The first-order valence-electron chi connectivity index (χ1n) is 7.70. The van der Waals surface area contributed by atoms with Gasteiger partial charge in [-0.25, -0.2) is 0 Å². The molecule has 142 valence electrons. The molecule has 0 radical (unpaired) electrons. The fraction of sp³-hybridized carbons (Fsp3) is 0.857. The molecule has 8 nitrogen and oxygen atoms in total. The van der Waals surface area contributed by atoms with E-state index in [1.165, 1.54) is 4.90 Å². The first-order valence-corrected chi connectivity index (χ1v) is 8.55. The highest BCUT2D eigenvalue weighted by Gasteiger charge is 2.34. The standard InChI is InChI=1S/C14H27NO7S2/c1-3-5-8(13(21)23)15(14(24)22-4-2)6-9(17)11(19)12(20)10(18)7-16/h8-12,16-20H,3-7H2,1-2H3,(H,21,23). The van der Waals surface area contributed by atoms with Crippen LogP contribution in [0.5, 0.6) is 0 Å². The third-order valence-corrected chi connectivity index (χ3v) is 4.09. The summed E-state index contributed by atoms with van der Waals surface area (Å²) >= 11 is 8.93. The van der Waals surface area contributed by atoms with Crippen LogP contribution in [0.25, 0.3) is 0 Å². The highest BCUT2D eigenvalue weighted by atomic mass is 32.1. The van der Waals surface area contributed by atoms with Crippen molar-refractivity contribution in [1.29, 1.82) is 0 Å². The quantitative estimate of drug-likeness (QED) is 0.189. The number of hydrogen-bond acceptors (Lipinski definition) is 8.